The Bertz CT molecular complexity index is 1500. The zero-order valence-corrected chi connectivity index (χ0v) is 23.7. The molecule has 3 amide bonds. The average molecular weight is 583 g/mol. The monoisotopic (exact) mass is 582 g/mol. The smallest absolute Gasteiger partial charge is 0.368 e. The molecule has 0 radical (unpaired) electrons. The highest BCUT2D eigenvalue weighted by Crippen LogP contribution is 2.35. The second-order valence-corrected chi connectivity index (χ2v) is 10.5. The molecule has 0 aliphatic carbocycles. The standard InChI is InChI=1S/C29H33F3N8O2/c1-4-38-9-11-39(12-10-38)16-20-7-6-19(13-23(20)29(30,31)32)26(41)35-22-8-5-18(2)24(14-22)40-17-21-15-34-27(33)36-25(21)37(3)28(40)42/h5-8,13-15H,4,9-12,16-17H2,1-3H3,(H,35,41)(H2,33,34,36). The number of piperazine rings is 1. The molecule has 0 bridgehead atoms. The number of urea groups is 1. The number of hydrogen-bond donors (Lipinski definition) is 2. The summed E-state index contributed by atoms with van der Waals surface area (Å²) in [6.45, 7) is 8.13. The van der Waals surface area contributed by atoms with Crippen LogP contribution in [0, 0.1) is 6.92 Å². The maximum absolute atomic E-state index is 14.1. The van der Waals surface area contributed by atoms with Crippen LogP contribution in [0.25, 0.3) is 0 Å². The molecule has 3 N–H and O–H groups in total. The zero-order chi connectivity index (χ0) is 30.2. The number of rotatable bonds is 6. The molecule has 1 saturated heterocycles. The second kappa shape index (κ2) is 11.6. The predicted octanol–water partition coefficient (Wildman–Crippen LogP) is 4.35. The molecular formula is C29H33F3N8O2. The number of hydrogen-bond acceptors (Lipinski definition) is 7. The zero-order valence-electron chi connectivity index (χ0n) is 23.7. The van der Waals surface area contributed by atoms with Crippen LogP contribution >= 0.6 is 0 Å². The van der Waals surface area contributed by atoms with Gasteiger partial charge in [0.1, 0.15) is 5.82 Å². The lowest BCUT2D eigenvalue weighted by Gasteiger charge is -2.34. The maximum Gasteiger partial charge on any atom is 0.416 e. The first-order valence-electron chi connectivity index (χ1n) is 13.7. The SMILES string of the molecule is CCN1CCN(Cc2ccc(C(=O)Nc3ccc(C)c(N4Cc5cnc(N)nc5N(C)C4=O)c3)cc2C(F)(F)F)CC1. The van der Waals surface area contributed by atoms with Gasteiger partial charge in [-0.25, -0.2) is 9.78 Å². The van der Waals surface area contributed by atoms with E-state index in [0.717, 1.165) is 31.3 Å². The Morgan fingerprint density at radius 3 is 2.48 bits per heavy atom. The average Bonchev–Trinajstić information content (AvgIpc) is 2.96. The molecular weight excluding hydrogens is 549 g/mol. The van der Waals surface area contributed by atoms with Gasteiger partial charge in [-0.2, -0.15) is 18.2 Å². The van der Waals surface area contributed by atoms with Crippen LogP contribution < -0.4 is 20.9 Å². The Labute approximate surface area is 241 Å². The molecule has 2 aliphatic heterocycles. The number of nitrogens with two attached hydrogens (primary N) is 1. The van der Waals surface area contributed by atoms with Crippen molar-refractivity contribution in [2.45, 2.75) is 33.1 Å². The van der Waals surface area contributed by atoms with Crippen LogP contribution in [0.5, 0.6) is 0 Å². The number of nitrogens with zero attached hydrogens (tertiary/aromatic N) is 6. The lowest BCUT2D eigenvalue weighted by molar-refractivity contribution is -0.138. The fraction of sp³-hybridized carbons (Fsp3) is 0.379. The topological polar surface area (TPSA) is 111 Å². The Morgan fingerprint density at radius 2 is 1.79 bits per heavy atom. The summed E-state index contributed by atoms with van der Waals surface area (Å²) >= 11 is 0. The van der Waals surface area contributed by atoms with Crippen LogP contribution in [0.15, 0.2) is 42.6 Å². The van der Waals surface area contributed by atoms with E-state index in [2.05, 4.69) is 27.1 Å². The number of benzene rings is 2. The van der Waals surface area contributed by atoms with E-state index in [9.17, 15) is 22.8 Å². The minimum Gasteiger partial charge on any atom is -0.368 e. The van der Waals surface area contributed by atoms with Gasteiger partial charge in [0, 0.05) is 62.8 Å². The summed E-state index contributed by atoms with van der Waals surface area (Å²) in [6.07, 6.45) is -3.05. The first-order valence-corrected chi connectivity index (χ1v) is 13.7. The van der Waals surface area contributed by atoms with Crippen molar-refractivity contribution < 1.29 is 22.8 Å². The predicted molar refractivity (Wildman–Crippen MR) is 154 cm³/mol. The number of fused-ring (bicyclic) bond motifs is 1. The molecule has 3 aromatic rings. The van der Waals surface area contributed by atoms with E-state index >= 15 is 0 Å². The lowest BCUT2D eigenvalue weighted by atomic mass is 10.0. The molecule has 3 heterocycles. The van der Waals surface area contributed by atoms with Crippen molar-refractivity contribution in [3.05, 3.63) is 70.4 Å². The molecule has 42 heavy (non-hydrogen) atoms. The van der Waals surface area contributed by atoms with Gasteiger partial charge in [0.15, 0.2) is 0 Å². The van der Waals surface area contributed by atoms with Gasteiger partial charge in [-0.05, 0) is 48.9 Å². The minimum atomic E-state index is -4.61. The van der Waals surface area contributed by atoms with Gasteiger partial charge in [-0.3, -0.25) is 19.5 Å². The summed E-state index contributed by atoms with van der Waals surface area (Å²) in [5.41, 5.74) is 7.21. The molecule has 5 rings (SSSR count). The van der Waals surface area contributed by atoms with Crippen molar-refractivity contribution in [2.75, 3.05) is 60.6 Å². The number of halogens is 3. The fourth-order valence-electron chi connectivity index (χ4n) is 5.32. The van der Waals surface area contributed by atoms with Gasteiger partial charge in [0.05, 0.1) is 17.8 Å². The van der Waals surface area contributed by atoms with Gasteiger partial charge >= 0.3 is 12.2 Å². The van der Waals surface area contributed by atoms with E-state index in [-0.39, 0.29) is 36.2 Å². The Kier molecular flexibility index (Phi) is 8.06. The molecule has 1 aromatic heterocycles. The summed E-state index contributed by atoms with van der Waals surface area (Å²) in [6, 6.07) is 8.36. The highest BCUT2D eigenvalue weighted by Gasteiger charge is 2.35. The van der Waals surface area contributed by atoms with Crippen molar-refractivity contribution in [3.63, 3.8) is 0 Å². The molecule has 0 unspecified atom stereocenters. The number of aromatic nitrogens is 2. The van der Waals surface area contributed by atoms with E-state index < -0.39 is 17.6 Å². The van der Waals surface area contributed by atoms with Crippen molar-refractivity contribution >= 4 is 35.1 Å². The van der Waals surface area contributed by atoms with Gasteiger partial charge in [-0.15, -0.1) is 0 Å². The number of alkyl halides is 3. The number of carbonyl (C=O) groups is 2. The number of carbonyl (C=O) groups excluding carboxylic acids is 2. The van der Waals surface area contributed by atoms with E-state index in [0.29, 0.717) is 35.8 Å². The van der Waals surface area contributed by atoms with Crippen LogP contribution in [0.1, 0.15) is 39.5 Å². The first-order chi connectivity index (χ1) is 19.9. The third-order valence-electron chi connectivity index (χ3n) is 7.77. The minimum absolute atomic E-state index is 0.0549. The van der Waals surface area contributed by atoms with Crippen LogP contribution in [0.2, 0.25) is 0 Å². The van der Waals surface area contributed by atoms with E-state index in [4.69, 9.17) is 5.73 Å². The van der Waals surface area contributed by atoms with E-state index in [1.54, 1.807) is 31.4 Å². The van der Waals surface area contributed by atoms with Crippen LogP contribution in [0.4, 0.5) is 41.1 Å². The van der Waals surface area contributed by atoms with Crippen LogP contribution in [-0.2, 0) is 19.3 Å². The number of nitrogen functional groups attached to an aromatic ring is 1. The molecule has 1 fully saturated rings. The van der Waals surface area contributed by atoms with Crippen LogP contribution in [0.3, 0.4) is 0 Å². The normalized spacial score (nSPS) is 16.5. The summed E-state index contributed by atoms with van der Waals surface area (Å²) in [5.74, 6) is -0.216. The van der Waals surface area contributed by atoms with E-state index in [1.165, 1.54) is 21.9 Å². The maximum atomic E-state index is 14.1. The number of likely N-dealkylation sites (N-methyl/N-ethyl adjacent to an activating group) is 1. The van der Waals surface area contributed by atoms with Gasteiger partial charge < -0.3 is 16.0 Å². The Balaban J connectivity index is 1.36. The summed E-state index contributed by atoms with van der Waals surface area (Å²) in [5, 5.41) is 2.69. The number of anilines is 4. The molecule has 0 spiro atoms. The van der Waals surface area contributed by atoms with Crippen LogP contribution in [-0.4, -0.2) is 71.5 Å². The summed E-state index contributed by atoms with van der Waals surface area (Å²) in [7, 11) is 1.58. The van der Waals surface area contributed by atoms with Crippen molar-refractivity contribution in [1.82, 2.24) is 19.8 Å². The highest BCUT2D eigenvalue weighted by atomic mass is 19.4. The lowest BCUT2D eigenvalue weighted by Crippen LogP contribution is -2.46. The van der Waals surface area contributed by atoms with Gasteiger partial charge in [0.25, 0.3) is 5.91 Å². The van der Waals surface area contributed by atoms with Crippen molar-refractivity contribution in [2.24, 2.45) is 0 Å². The third kappa shape index (κ3) is 6.02. The number of aryl methyl sites for hydroxylation is 1. The van der Waals surface area contributed by atoms with Gasteiger partial charge in [-0.1, -0.05) is 19.1 Å². The number of amides is 3. The first kappa shape index (κ1) is 29.3. The molecule has 2 aliphatic rings. The Hall–Kier alpha value is -4.23. The Morgan fingerprint density at radius 1 is 1.07 bits per heavy atom. The summed E-state index contributed by atoms with van der Waals surface area (Å²) in [4.78, 5) is 41.7. The van der Waals surface area contributed by atoms with Gasteiger partial charge in [0.2, 0.25) is 5.95 Å². The second-order valence-electron chi connectivity index (χ2n) is 10.5. The molecule has 0 atom stereocenters. The molecule has 0 saturated carbocycles. The van der Waals surface area contributed by atoms with Crippen molar-refractivity contribution in [1.29, 1.82) is 0 Å². The molecule has 222 valence electrons. The van der Waals surface area contributed by atoms with Crippen molar-refractivity contribution in [3.8, 4) is 0 Å². The molecule has 13 heteroatoms. The molecule has 2 aromatic carbocycles. The largest absolute Gasteiger partial charge is 0.416 e. The third-order valence-corrected chi connectivity index (χ3v) is 7.77. The number of nitrogens with one attached hydrogen (secondary N) is 1. The fourth-order valence-corrected chi connectivity index (χ4v) is 5.32. The van der Waals surface area contributed by atoms with E-state index in [1.807, 2.05) is 11.8 Å². The summed E-state index contributed by atoms with van der Waals surface area (Å²) < 4.78 is 42.2. The highest BCUT2D eigenvalue weighted by molar-refractivity contribution is 6.07. The molecule has 10 nitrogen and oxygen atoms in total. The quantitative estimate of drug-likeness (QED) is 0.445.